The molecule has 0 aromatic rings. The number of rotatable bonds is 12. The fourth-order valence-corrected chi connectivity index (χ4v) is 18.6. The molecule has 0 radical (unpaired) electrons. The number of Topliss-reactive ketones (excluding diaryl/α,β-unsaturated/α-hetero) is 1. The van der Waals surface area contributed by atoms with Crippen molar-refractivity contribution < 1.29 is 67.1 Å². The lowest BCUT2D eigenvalue weighted by molar-refractivity contribution is -0.218. The summed E-state index contributed by atoms with van der Waals surface area (Å²) in [4.78, 5) is 85.3. The lowest BCUT2D eigenvalue weighted by atomic mass is 9.43. The van der Waals surface area contributed by atoms with Gasteiger partial charge in [-0.15, -0.1) is 0 Å². The smallest absolute Gasteiger partial charge is 0.305 e. The first-order chi connectivity index (χ1) is 33.8. The Labute approximate surface area is 429 Å². The van der Waals surface area contributed by atoms with Gasteiger partial charge in [0.2, 0.25) is 0 Å². The average molecular weight is 1010 g/mol. The number of methoxy groups -OCH3 is 2. The molecule has 0 heterocycles. The molecule has 72 heavy (non-hydrogen) atoms. The zero-order valence-corrected chi connectivity index (χ0v) is 45.8. The number of carbonyl (C=O) groups excluding carboxylic acids is 7. The molecule has 8 rings (SSSR count). The average Bonchev–Trinajstić information content (AvgIpc) is 3.86. The molecule has 14 nitrogen and oxygen atoms in total. The van der Waals surface area contributed by atoms with Gasteiger partial charge in [0.05, 0.1) is 20.3 Å². The normalized spacial score (nSPS) is 43.4. The van der Waals surface area contributed by atoms with E-state index in [0.29, 0.717) is 49.7 Å². The molecule has 8 aliphatic carbocycles. The lowest BCUT2D eigenvalue weighted by Crippen LogP contribution is -2.63. The van der Waals surface area contributed by atoms with E-state index in [-0.39, 0.29) is 136 Å². The van der Waals surface area contributed by atoms with E-state index in [9.17, 15) is 38.7 Å². The van der Waals surface area contributed by atoms with Gasteiger partial charge in [-0.1, -0.05) is 41.5 Å². The first-order valence-corrected chi connectivity index (χ1v) is 27.9. The van der Waals surface area contributed by atoms with Crippen LogP contribution >= 0.6 is 0 Å². The summed E-state index contributed by atoms with van der Waals surface area (Å²) in [5.41, 5.74) is -0.751. The van der Waals surface area contributed by atoms with Gasteiger partial charge in [0.25, 0.3) is 0 Å². The van der Waals surface area contributed by atoms with Gasteiger partial charge < -0.3 is 33.5 Å². The van der Waals surface area contributed by atoms with Crippen LogP contribution < -0.4 is 0 Å². The van der Waals surface area contributed by atoms with Crippen LogP contribution in [0.15, 0.2) is 0 Å². The van der Waals surface area contributed by atoms with Gasteiger partial charge in [-0.3, -0.25) is 33.6 Å². The Balaban J connectivity index is 0.000000211. The van der Waals surface area contributed by atoms with Gasteiger partial charge in [-0.2, -0.15) is 0 Å². The van der Waals surface area contributed by atoms with Crippen LogP contribution in [-0.4, -0.2) is 91.4 Å². The van der Waals surface area contributed by atoms with E-state index in [2.05, 4.69) is 41.5 Å². The second-order valence-corrected chi connectivity index (χ2v) is 25.3. The summed E-state index contributed by atoms with van der Waals surface area (Å²) in [6.45, 7) is 19.4. The highest BCUT2D eigenvalue weighted by Gasteiger charge is 2.68. The highest BCUT2D eigenvalue weighted by atomic mass is 16.6. The molecule has 0 aromatic carbocycles. The maximum atomic E-state index is 14.0. The lowest BCUT2D eigenvalue weighted by Gasteiger charge is -2.64. The van der Waals surface area contributed by atoms with Crippen molar-refractivity contribution in [1.82, 2.24) is 0 Å². The summed E-state index contributed by atoms with van der Waals surface area (Å²) in [6, 6.07) is 0. The van der Waals surface area contributed by atoms with Gasteiger partial charge in [0, 0.05) is 64.2 Å². The zero-order chi connectivity index (χ0) is 52.8. The van der Waals surface area contributed by atoms with Crippen LogP contribution in [0, 0.1) is 92.7 Å². The Morgan fingerprint density at radius 2 is 0.986 bits per heavy atom. The Morgan fingerprint density at radius 1 is 0.556 bits per heavy atom. The van der Waals surface area contributed by atoms with Crippen molar-refractivity contribution in [2.24, 2.45) is 92.7 Å². The second kappa shape index (κ2) is 22.0. The number of hydrogen-bond acceptors (Lipinski definition) is 14. The molecule has 0 aromatic heterocycles. The predicted molar refractivity (Wildman–Crippen MR) is 266 cm³/mol. The van der Waals surface area contributed by atoms with Crippen molar-refractivity contribution in [3.05, 3.63) is 0 Å². The number of ketones is 1. The number of hydrogen-bond donors (Lipinski definition) is 1. The molecule has 0 saturated heterocycles. The van der Waals surface area contributed by atoms with Gasteiger partial charge in [0.15, 0.2) is 0 Å². The minimum atomic E-state index is -0.465. The standard InChI is InChI=1S/C29H46O7.C29H44O7/c2*1-16(7-10-26(33)34-6)21-8-9-22-27-23(15-25(32)29(21,22)5)28(4)12-11-20(35-17(2)30)13-19(28)14-24(27)36-18(3)31/h16,19-25,27,32H,7-15H2,1-6H3;16,19-24,27H,7-15H2,1-6H3/t16-,19+,20-,21-,22+,23+,24-,25+,27+,28+,29-;16-,19+,20-,21-,22+,23+,24-,27+,28+,29-/m11/s1. The fourth-order valence-electron chi connectivity index (χ4n) is 18.6. The summed E-state index contributed by atoms with van der Waals surface area (Å²) in [6.07, 6.45) is 13.0. The maximum absolute atomic E-state index is 14.0. The van der Waals surface area contributed by atoms with E-state index >= 15 is 0 Å². The summed E-state index contributed by atoms with van der Waals surface area (Å²) in [5, 5.41) is 11.8. The van der Waals surface area contributed by atoms with Crippen molar-refractivity contribution in [1.29, 1.82) is 0 Å². The molecule has 1 N–H and O–H groups in total. The molecule has 8 saturated carbocycles. The molecule has 14 heteroatoms. The maximum Gasteiger partial charge on any atom is 0.305 e. The Kier molecular flexibility index (Phi) is 17.1. The van der Waals surface area contributed by atoms with Crippen LogP contribution in [-0.2, 0) is 62.0 Å². The number of aliphatic hydroxyl groups excluding tert-OH is 1. The number of fused-ring (bicyclic) bond motifs is 10. The molecule has 0 bridgehead atoms. The van der Waals surface area contributed by atoms with E-state index in [1.54, 1.807) is 0 Å². The van der Waals surface area contributed by atoms with Crippen LogP contribution in [0.1, 0.15) is 185 Å². The molecule has 0 spiro atoms. The fraction of sp³-hybridized carbons (Fsp3) is 0.879. The third kappa shape index (κ3) is 10.5. The summed E-state index contributed by atoms with van der Waals surface area (Å²) < 4.78 is 33.0. The van der Waals surface area contributed by atoms with Crippen LogP contribution in [0.5, 0.6) is 0 Å². The van der Waals surface area contributed by atoms with E-state index in [1.165, 1.54) is 41.9 Å². The SMILES string of the molecule is COC(=O)CC[C@@H](C)[C@H]1CC[C@H]2[C@@H]3[C@H](OC(C)=O)C[C@@H]4C[C@H](OC(C)=O)CC[C@]4(C)[C@H]3CC(=O)[C@]12C.COC(=O)CC[C@@H](C)[C@H]1CC[C@H]2[C@@H]3[C@H](OC(C)=O)C[C@@H]4C[C@H](OC(C)=O)CC[C@]4(C)[C@H]3C[C@H](O)[C@]12C. The molecule has 8 aliphatic rings. The number of aliphatic hydroxyl groups is 1. The molecule has 8 fully saturated rings. The van der Waals surface area contributed by atoms with Gasteiger partial charge >= 0.3 is 35.8 Å². The van der Waals surface area contributed by atoms with Gasteiger partial charge in [-0.25, -0.2) is 0 Å². The minimum Gasteiger partial charge on any atom is -0.469 e. The minimum absolute atomic E-state index is 0.0227. The first kappa shape index (κ1) is 56.2. The van der Waals surface area contributed by atoms with Crippen molar-refractivity contribution in [3.8, 4) is 0 Å². The third-order valence-corrected chi connectivity index (χ3v) is 22.1. The Bertz CT molecular complexity index is 2040. The molecule has 0 amide bonds. The van der Waals surface area contributed by atoms with Crippen molar-refractivity contribution >= 4 is 41.6 Å². The van der Waals surface area contributed by atoms with E-state index < -0.39 is 11.5 Å². The topological polar surface area (TPSA) is 195 Å². The number of esters is 6. The van der Waals surface area contributed by atoms with Gasteiger partial charge in [-0.05, 0) is 172 Å². The number of ether oxygens (including phenoxy) is 6. The van der Waals surface area contributed by atoms with Crippen LogP contribution in [0.25, 0.3) is 0 Å². The molecular weight excluding hydrogens is 921 g/mol. The molecule has 0 unspecified atom stereocenters. The molecule has 0 aliphatic heterocycles. The number of carbonyl (C=O) groups is 7. The highest BCUT2D eigenvalue weighted by Crippen LogP contribution is 2.70. The van der Waals surface area contributed by atoms with Crippen molar-refractivity contribution in [2.45, 2.75) is 215 Å². The van der Waals surface area contributed by atoms with Crippen LogP contribution in [0.3, 0.4) is 0 Å². The quantitative estimate of drug-likeness (QED) is 0.143. The van der Waals surface area contributed by atoms with E-state index in [0.717, 1.165) is 83.5 Å². The molecular formula is C58H90O14. The largest absolute Gasteiger partial charge is 0.469 e. The van der Waals surface area contributed by atoms with E-state index in [1.807, 2.05) is 0 Å². The van der Waals surface area contributed by atoms with Crippen LogP contribution in [0.4, 0.5) is 0 Å². The Morgan fingerprint density at radius 3 is 1.46 bits per heavy atom. The summed E-state index contributed by atoms with van der Waals surface area (Å²) in [7, 11) is 2.84. The predicted octanol–water partition coefficient (Wildman–Crippen LogP) is 9.57. The Hall–Kier alpha value is -3.55. The first-order valence-electron chi connectivity index (χ1n) is 27.9. The summed E-state index contributed by atoms with van der Waals surface area (Å²) in [5.74, 6) is 1.75. The van der Waals surface area contributed by atoms with Crippen molar-refractivity contribution in [3.63, 3.8) is 0 Å². The summed E-state index contributed by atoms with van der Waals surface area (Å²) >= 11 is 0. The molecule has 21 atom stereocenters. The highest BCUT2D eigenvalue weighted by molar-refractivity contribution is 5.87. The second-order valence-electron chi connectivity index (χ2n) is 25.3. The molecule has 406 valence electrons. The zero-order valence-electron chi connectivity index (χ0n) is 45.8. The van der Waals surface area contributed by atoms with Crippen molar-refractivity contribution in [2.75, 3.05) is 14.2 Å². The third-order valence-electron chi connectivity index (χ3n) is 22.1. The van der Waals surface area contributed by atoms with E-state index in [4.69, 9.17) is 28.4 Å². The van der Waals surface area contributed by atoms with Gasteiger partial charge in [0.1, 0.15) is 30.2 Å². The monoisotopic (exact) mass is 1010 g/mol. The van der Waals surface area contributed by atoms with Crippen LogP contribution in [0.2, 0.25) is 0 Å².